The molecule has 43 heavy (non-hydrogen) atoms. The molecule has 3 aliphatic rings. The highest BCUT2D eigenvalue weighted by molar-refractivity contribution is 6.39. The molecule has 2 N–H and O–H groups in total. The quantitative estimate of drug-likeness (QED) is 0.484. The summed E-state index contributed by atoms with van der Waals surface area (Å²) < 4.78 is 5.61. The van der Waals surface area contributed by atoms with Gasteiger partial charge in [-0.3, -0.25) is 9.59 Å². The van der Waals surface area contributed by atoms with Crippen LogP contribution in [-0.2, 0) is 16.1 Å². The number of nitrogens with zero attached hydrogens (tertiary/aromatic N) is 6. The first-order valence-electron chi connectivity index (χ1n) is 15.7. The van der Waals surface area contributed by atoms with E-state index in [0.29, 0.717) is 49.4 Å². The number of amidine groups is 1. The molecule has 1 saturated heterocycles. The summed E-state index contributed by atoms with van der Waals surface area (Å²) >= 11 is 0. The van der Waals surface area contributed by atoms with E-state index in [1.165, 1.54) is 0 Å². The summed E-state index contributed by atoms with van der Waals surface area (Å²) in [7, 11) is 0. The van der Waals surface area contributed by atoms with Gasteiger partial charge >= 0.3 is 0 Å². The largest absolute Gasteiger partial charge is 0.378 e. The van der Waals surface area contributed by atoms with Gasteiger partial charge in [-0.25, -0.2) is 4.99 Å². The van der Waals surface area contributed by atoms with Crippen LogP contribution in [0.3, 0.4) is 0 Å². The van der Waals surface area contributed by atoms with Crippen LogP contribution in [0.4, 0.5) is 0 Å². The lowest BCUT2D eigenvalue weighted by molar-refractivity contribution is -0.134. The Kier molecular flexibility index (Phi) is 8.92. The van der Waals surface area contributed by atoms with Gasteiger partial charge in [0.2, 0.25) is 0 Å². The molecule has 5 rings (SSSR count). The molecule has 1 atom stereocenters. The summed E-state index contributed by atoms with van der Waals surface area (Å²) in [6, 6.07) is 7.55. The fraction of sp³-hybridized carbons (Fsp3) is 0.688. The molecule has 1 spiro atoms. The predicted molar refractivity (Wildman–Crippen MR) is 164 cm³/mol. The SMILES string of the molecule is CC(C)(C)CC[C@H](c1ccc(C(=O)NCc2nn[nH]n2)cc1)N1C(=O)C(N2CCOCC2)=NC12CCC(C(C)(C)C)CC2. The number of rotatable bonds is 7. The monoisotopic (exact) mass is 592 g/mol. The van der Waals surface area contributed by atoms with E-state index in [1.54, 1.807) is 0 Å². The molecule has 1 saturated carbocycles. The minimum Gasteiger partial charge on any atom is -0.378 e. The zero-order valence-corrected chi connectivity index (χ0v) is 26.7. The molecule has 234 valence electrons. The van der Waals surface area contributed by atoms with Crippen LogP contribution in [0.1, 0.15) is 108 Å². The molecule has 2 aliphatic heterocycles. The number of morpholine rings is 1. The number of hydrogen-bond acceptors (Lipinski definition) is 8. The van der Waals surface area contributed by atoms with Gasteiger partial charge in [0.1, 0.15) is 5.66 Å². The van der Waals surface area contributed by atoms with Gasteiger partial charge in [-0.1, -0.05) is 58.9 Å². The van der Waals surface area contributed by atoms with Crippen molar-refractivity contribution in [3.8, 4) is 0 Å². The molecule has 0 radical (unpaired) electrons. The number of H-pyrrole nitrogens is 1. The van der Waals surface area contributed by atoms with Gasteiger partial charge in [0.05, 0.1) is 25.8 Å². The van der Waals surface area contributed by atoms with Gasteiger partial charge in [0, 0.05) is 18.7 Å². The van der Waals surface area contributed by atoms with Gasteiger partial charge in [0.25, 0.3) is 11.8 Å². The standard InChI is InChI=1S/C32H48N8O3/c1-30(2,3)14-13-25(22-7-9-23(10-8-22)28(41)33-21-26-35-37-38-36-26)40-29(42)27(39-17-19-43-20-18-39)34-32(40)15-11-24(12-16-32)31(4,5)6/h7-10,24-25H,11-21H2,1-6H3,(H,33,41)(H,35,36,37,38)/t24?,25-,32?/m1/s1. The lowest BCUT2D eigenvalue weighted by Gasteiger charge is -2.47. The second kappa shape index (κ2) is 12.3. The average Bonchev–Trinajstić information content (AvgIpc) is 3.59. The number of hydrogen-bond donors (Lipinski definition) is 2. The molecule has 1 aromatic heterocycles. The first-order valence-corrected chi connectivity index (χ1v) is 15.7. The molecule has 11 nitrogen and oxygen atoms in total. The van der Waals surface area contributed by atoms with Crippen molar-refractivity contribution in [2.24, 2.45) is 21.7 Å². The number of ether oxygens (including phenoxy) is 1. The van der Waals surface area contributed by atoms with Crippen molar-refractivity contribution in [1.82, 2.24) is 35.7 Å². The number of aromatic nitrogens is 4. The molecule has 2 fully saturated rings. The van der Waals surface area contributed by atoms with E-state index < -0.39 is 5.66 Å². The van der Waals surface area contributed by atoms with Crippen molar-refractivity contribution in [2.75, 3.05) is 26.3 Å². The fourth-order valence-electron chi connectivity index (χ4n) is 6.70. The van der Waals surface area contributed by atoms with Gasteiger partial charge in [-0.15, -0.1) is 10.2 Å². The van der Waals surface area contributed by atoms with Crippen LogP contribution in [0.2, 0.25) is 0 Å². The van der Waals surface area contributed by atoms with Gasteiger partial charge < -0.3 is 19.9 Å². The van der Waals surface area contributed by atoms with Crippen LogP contribution in [0.5, 0.6) is 0 Å². The minimum atomic E-state index is -0.560. The third kappa shape index (κ3) is 7.08. The summed E-state index contributed by atoms with van der Waals surface area (Å²) in [5.74, 6) is 1.42. The van der Waals surface area contributed by atoms with Gasteiger partial charge in [0.15, 0.2) is 11.7 Å². The number of aromatic amines is 1. The molecule has 1 aromatic carbocycles. The van der Waals surface area contributed by atoms with Crippen LogP contribution in [0.25, 0.3) is 0 Å². The first kappa shape index (κ1) is 31.1. The number of tetrazole rings is 1. The maximum atomic E-state index is 14.5. The Morgan fingerprint density at radius 3 is 2.35 bits per heavy atom. The van der Waals surface area contributed by atoms with E-state index in [4.69, 9.17) is 9.73 Å². The molecule has 2 aromatic rings. The molecule has 2 amide bonds. The van der Waals surface area contributed by atoms with Crippen molar-refractivity contribution < 1.29 is 14.3 Å². The Balaban J connectivity index is 1.45. The number of benzene rings is 1. The number of aliphatic imine (C=N–C) groups is 1. The van der Waals surface area contributed by atoms with E-state index >= 15 is 0 Å². The van der Waals surface area contributed by atoms with Crippen LogP contribution in [0.15, 0.2) is 29.3 Å². The molecule has 11 heteroatoms. The zero-order chi connectivity index (χ0) is 30.8. The van der Waals surface area contributed by atoms with Crippen LogP contribution in [0, 0.1) is 16.7 Å². The summed E-state index contributed by atoms with van der Waals surface area (Å²) in [5.41, 5.74) is 1.33. The highest BCUT2D eigenvalue weighted by Gasteiger charge is 2.53. The van der Waals surface area contributed by atoms with Crippen molar-refractivity contribution in [3.05, 3.63) is 41.2 Å². The maximum absolute atomic E-state index is 14.5. The third-order valence-electron chi connectivity index (χ3n) is 9.33. The van der Waals surface area contributed by atoms with Crippen molar-refractivity contribution in [3.63, 3.8) is 0 Å². The van der Waals surface area contributed by atoms with Crippen molar-refractivity contribution >= 4 is 17.6 Å². The smallest absolute Gasteiger partial charge is 0.291 e. The van der Waals surface area contributed by atoms with E-state index in [-0.39, 0.29) is 35.2 Å². The first-order chi connectivity index (χ1) is 20.4. The zero-order valence-electron chi connectivity index (χ0n) is 26.7. The highest BCUT2D eigenvalue weighted by Crippen LogP contribution is 2.50. The van der Waals surface area contributed by atoms with E-state index in [2.05, 4.69) is 77.3 Å². The van der Waals surface area contributed by atoms with Crippen LogP contribution >= 0.6 is 0 Å². The average molecular weight is 593 g/mol. The van der Waals surface area contributed by atoms with Crippen molar-refractivity contribution in [2.45, 2.75) is 98.3 Å². The van der Waals surface area contributed by atoms with Gasteiger partial charge in [-0.05, 0) is 73.0 Å². The predicted octanol–water partition coefficient (Wildman–Crippen LogP) is 4.50. The second-order valence-electron chi connectivity index (χ2n) is 14.6. The molecule has 0 unspecified atom stereocenters. The topological polar surface area (TPSA) is 129 Å². The summed E-state index contributed by atoms with van der Waals surface area (Å²) in [6.07, 6.45) is 5.56. The van der Waals surface area contributed by atoms with E-state index in [9.17, 15) is 9.59 Å². The number of carbonyl (C=O) groups excluding carboxylic acids is 2. The summed E-state index contributed by atoms with van der Waals surface area (Å²) in [6.45, 7) is 16.5. The number of amides is 2. The Labute approximate surface area is 255 Å². The molecule has 0 bridgehead atoms. The Hall–Kier alpha value is -3.34. The molecular formula is C32H48N8O3. The lowest BCUT2D eigenvalue weighted by atomic mass is 9.69. The molecule has 1 aliphatic carbocycles. The maximum Gasteiger partial charge on any atom is 0.291 e. The van der Waals surface area contributed by atoms with E-state index in [1.807, 2.05) is 24.3 Å². The van der Waals surface area contributed by atoms with E-state index in [0.717, 1.165) is 44.1 Å². The molecule has 3 heterocycles. The second-order valence-corrected chi connectivity index (χ2v) is 14.6. The number of carbonyl (C=O) groups is 2. The third-order valence-corrected chi connectivity index (χ3v) is 9.33. The Morgan fingerprint density at radius 2 is 1.77 bits per heavy atom. The Bertz CT molecular complexity index is 1280. The molecular weight excluding hydrogens is 544 g/mol. The fourth-order valence-corrected chi connectivity index (χ4v) is 6.70. The van der Waals surface area contributed by atoms with Gasteiger partial charge in [-0.2, -0.15) is 5.21 Å². The van der Waals surface area contributed by atoms with Crippen LogP contribution < -0.4 is 5.32 Å². The summed E-state index contributed by atoms with van der Waals surface area (Å²) in [4.78, 5) is 37.0. The van der Waals surface area contributed by atoms with Crippen LogP contribution in [-0.4, -0.2) is 80.0 Å². The van der Waals surface area contributed by atoms with Crippen molar-refractivity contribution in [1.29, 1.82) is 0 Å². The lowest BCUT2D eigenvalue weighted by Crippen LogP contribution is -2.52. The Morgan fingerprint density at radius 1 is 1.09 bits per heavy atom. The summed E-state index contributed by atoms with van der Waals surface area (Å²) in [5, 5.41) is 16.5. The normalized spacial score (nSPS) is 23.9. The highest BCUT2D eigenvalue weighted by atomic mass is 16.5. The minimum absolute atomic E-state index is 0.0250. The number of nitrogens with one attached hydrogen (secondary N) is 2.